The maximum atomic E-state index is 5.45. The number of ether oxygens (including phenoxy) is 1. The van der Waals surface area contributed by atoms with Gasteiger partial charge in [-0.05, 0) is 26.0 Å². The van der Waals surface area contributed by atoms with E-state index < -0.39 is 0 Å². The van der Waals surface area contributed by atoms with Crippen LogP contribution in [0.3, 0.4) is 0 Å². The van der Waals surface area contributed by atoms with E-state index in [9.17, 15) is 0 Å². The quantitative estimate of drug-likeness (QED) is 0.878. The number of nitrogens with zero attached hydrogens (tertiary/aromatic N) is 2. The molecule has 5 nitrogen and oxygen atoms in total. The number of rotatable bonds is 4. The lowest BCUT2D eigenvalue weighted by atomic mass is 10.4. The topological polar surface area (TPSA) is 60.2 Å². The summed E-state index contributed by atoms with van der Waals surface area (Å²) >= 11 is 0. The fourth-order valence-electron chi connectivity index (χ4n) is 1.49. The Kier molecular flexibility index (Phi) is 3.27. The second kappa shape index (κ2) is 4.86. The molecule has 0 saturated heterocycles. The molecule has 0 aliphatic rings. The van der Waals surface area contributed by atoms with Crippen molar-refractivity contribution in [3.8, 4) is 5.88 Å². The van der Waals surface area contributed by atoms with Crippen LogP contribution >= 0.6 is 0 Å². The summed E-state index contributed by atoms with van der Waals surface area (Å²) in [5.74, 6) is 3.72. The van der Waals surface area contributed by atoms with Gasteiger partial charge in [-0.1, -0.05) is 0 Å². The minimum Gasteiger partial charge on any atom is -0.481 e. The number of hydrogen-bond acceptors (Lipinski definition) is 5. The van der Waals surface area contributed by atoms with Gasteiger partial charge < -0.3 is 14.5 Å². The summed E-state index contributed by atoms with van der Waals surface area (Å²) in [5.41, 5.74) is 0. The summed E-state index contributed by atoms with van der Waals surface area (Å²) in [6.45, 7) is 4.33. The fraction of sp³-hybridized carbons (Fsp3) is 0.333. The second-order valence-electron chi connectivity index (χ2n) is 3.71. The van der Waals surface area contributed by atoms with Crippen LogP contribution in [0.1, 0.15) is 17.3 Å². The molecule has 2 aromatic heterocycles. The van der Waals surface area contributed by atoms with Crippen molar-refractivity contribution in [3.63, 3.8) is 0 Å². The number of furan rings is 1. The lowest BCUT2D eigenvalue weighted by Crippen LogP contribution is -2.03. The molecule has 0 aliphatic carbocycles. The number of aryl methyl sites for hydroxylation is 2. The molecule has 0 amide bonds. The Bertz CT molecular complexity index is 508. The molecule has 0 bridgehead atoms. The molecule has 5 heteroatoms. The number of hydrogen-bond donors (Lipinski definition) is 1. The second-order valence-corrected chi connectivity index (χ2v) is 3.71. The summed E-state index contributed by atoms with van der Waals surface area (Å²) in [6.07, 6.45) is 0. The third-order valence-corrected chi connectivity index (χ3v) is 2.26. The zero-order valence-electron chi connectivity index (χ0n) is 10.2. The van der Waals surface area contributed by atoms with Crippen molar-refractivity contribution >= 4 is 5.82 Å². The highest BCUT2D eigenvalue weighted by molar-refractivity contribution is 5.38. The highest BCUT2D eigenvalue weighted by Gasteiger charge is 2.03. The van der Waals surface area contributed by atoms with E-state index in [-0.39, 0.29) is 0 Å². The molecule has 2 rings (SSSR count). The van der Waals surface area contributed by atoms with Gasteiger partial charge in [-0.25, -0.2) is 4.98 Å². The Morgan fingerprint density at radius 2 is 2.12 bits per heavy atom. The van der Waals surface area contributed by atoms with E-state index in [2.05, 4.69) is 15.3 Å². The minimum atomic E-state index is 0.552. The molecule has 0 saturated carbocycles. The van der Waals surface area contributed by atoms with Crippen LogP contribution in [-0.4, -0.2) is 17.1 Å². The van der Waals surface area contributed by atoms with Crippen molar-refractivity contribution in [1.82, 2.24) is 9.97 Å². The summed E-state index contributed by atoms with van der Waals surface area (Å²) < 4.78 is 10.5. The molecule has 1 N–H and O–H groups in total. The molecular weight excluding hydrogens is 218 g/mol. The zero-order chi connectivity index (χ0) is 12.3. The van der Waals surface area contributed by atoms with E-state index in [1.807, 2.05) is 26.0 Å². The van der Waals surface area contributed by atoms with Crippen LogP contribution in [0, 0.1) is 13.8 Å². The van der Waals surface area contributed by atoms with Gasteiger partial charge in [0.1, 0.15) is 23.2 Å². The molecule has 0 spiro atoms. The van der Waals surface area contributed by atoms with E-state index in [4.69, 9.17) is 9.15 Å². The van der Waals surface area contributed by atoms with Crippen molar-refractivity contribution in [2.45, 2.75) is 20.4 Å². The highest BCUT2D eigenvalue weighted by atomic mass is 16.5. The number of anilines is 1. The normalized spacial score (nSPS) is 10.3. The molecule has 0 unspecified atom stereocenters. The third-order valence-electron chi connectivity index (χ3n) is 2.26. The molecule has 2 aromatic rings. The molecular formula is C12H15N3O2. The maximum Gasteiger partial charge on any atom is 0.218 e. The first-order valence-corrected chi connectivity index (χ1v) is 5.36. The standard InChI is InChI=1S/C12H15N3O2/c1-8-4-5-10(17-8)7-13-11-6-12(16-3)15-9(2)14-11/h4-6H,7H2,1-3H3,(H,13,14,15). The van der Waals surface area contributed by atoms with Gasteiger partial charge in [0, 0.05) is 6.07 Å². The predicted molar refractivity (Wildman–Crippen MR) is 64.1 cm³/mol. The fourth-order valence-corrected chi connectivity index (χ4v) is 1.49. The Labute approximate surface area is 99.8 Å². The van der Waals surface area contributed by atoms with Gasteiger partial charge in [0.05, 0.1) is 13.7 Å². The Balaban J connectivity index is 2.05. The predicted octanol–water partition coefficient (Wildman–Crippen LogP) is 2.31. The average molecular weight is 233 g/mol. The first kappa shape index (κ1) is 11.4. The van der Waals surface area contributed by atoms with Gasteiger partial charge >= 0.3 is 0 Å². The lowest BCUT2D eigenvalue weighted by molar-refractivity contribution is 0.396. The Morgan fingerprint density at radius 3 is 2.76 bits per heavy atom. The lowest BCUT2D eigenvalue weighted by Gasteiger charge is -2.06. The third kappa shape index (κ3) is 2.96. The van der Waals surface area contributed by atoms with Gasteiger partial charge in [0.15, 0.2) is 0 Å². The number of nitrogens with one attached hydrogen (secondary N) is 1. The largest absolute Gasteiger partial charge is 0.481 e. The molecule has 17 heavy (non-hydrogen) atoms. The first-order valence-electron chi connectivity index (χ1n) is 5.36. The van der Waals surface area contributed by atoms with E-state index in [0.29, 0.717) is 18.2 Å². The van der Waals surface area contributed by atoms with Crippen LogP contribution in [-0.2, 0) is 6.54 Å². The smallest absolute Gasteiger partial charge is 0.218 e. The SMILES string of the molecule is COc1cc(NCc2ccc(C)o2)nc(C)n1. The summed E-state index contributed by atoms with van der Waals surface area (Å²) in [7, 11) is 1.58. The van der Waals surface area contributed by atoms with Crippen molar-refractivity contribution < 1.29 is 9.15 Å². The van der Waals surface area contributed by atoms with Gasteiger partial charge in [-0.3, -0.25) is 0 Å². The summed E-state index contributed by atoms with van der Waals surface area (Å²) in [6, 6.07) is 5.62. The van der Waals surface area contributed by atoms with Crippen LogP contribution in [0.25, 0.3) is 0 Å². The van der Waals surface area contributed by atoms with Crippen LogP contribution in [0.2, 0.25) is 0 Å². The molecule has 0 aliphatic heterocycles. The van der Waals surface area contributed by atoms with Crippen molar-refractivity contribution in [2.75, 3.05) is 12.4 Å². The molecule has 90 valence electrons. The number of methoxy groups -OCH3 is 1. The van der Waals surface area contributed by atoms with Crippen LogP contribution in [0.4, 0.5) is 5.82 Å². The summed E-state index contributed by atoms with van der Waals surface area (Å²) in [5, 5.41) is 3.16. The Morgan fingerprint density at radius 1 is 1.29 bits per heavy atom. The van der Waals surface area contributed by atoms with Crippen LogP contribution < -0.4 is 10.1 Å². The van der Waals surface area contributed by atoms with Crippen molar-refractivity contribution in [3.05, 3.63) is 35.5 Å². The van der Waals surface area contributed by atoms with Crippen LogP contribution in [0.15, 0.2) is 22.6 Å². The maximum absolute atomic E-state index is 5.45. The van der Waals surface area contributed by atoms with Gasteiger partial charge in [-0.15, -0.1) is 0 Å². The monoisotopic (exact) mass is 233 g/mol. The summed E-state index contributed by atoms with van der Waals surface area (Å²) in [4.78, 5) is 8.37. The Hall–Kier alpha value is -2.04. The molecule has 0 fully saturated rings. The van der Waals surface area contributed by atoms with E-state index >= 15 is 0 Å². The molecule has 0 atom stereocenters. The van der Waals surface area contributed by atoms with Gasteiger partial charge in [0.25, 0.3) is 0 Å². The molecule has 0 radical (unpaired) electrons. The van der Waals surface area contributed by atoms with E-state index in [1.165, 1.54) is 0 Å². The molecule has 2 heterocycles. The molecule has 0 aromatic carbocycles. The number of aromatic nitrogens is 2. The first-order chi connectivity index (χ1) is 8.17. The van der Waals surface area contributed by atoms with Crippen molar-refractivity contribution in [1.29, 1.82) is 0 Å². The highest BCUT2D eigenvalue weighted by Crippen LogP contribution is 2.14. The van der Waals surface area contributed by atoms with E-state index in [1.54, 1.807) is 13.2 Å². The van der Waals surface area contributed by atoms with Gasteiger partial charge in [-0.2, -0.15) is 4.98 Å². The minimum absolute atomic E-state index is 0.552. The van der Waals surface area contributed by atoms with Crippen molar-refractivity contribution in [2.24, 2.45) is 0 Å². The van der Waals surface area contributed by atoms with E-state index in [0.717, 1.165) is 17.3 Å². The van der Waals surface area contributed by atoms with Crippen LogP contribution in [0.5, 0.6) is 5.88 Å². The average Bonchev–Trinajstić information content (AvgIpc) is 2.72. The van der Waals surface area contributed by atoms with Gasteiger partial charge in [0.2, 0.25) is 5.88 Å². The zero-order valence-corrected chi connectivity index (χ0v) is 10.2.